The monoisotopic (exact) mass is 382 g/mol. The molecule has 0 aliphatic carbocycles. The summed E-state index contributed by atoms with van der Waals surface area (Å²) in [7, 11) is 1.36. The number of nitrogens with zero attached hydrogens (tertiary/aromatic N) is 2. The highest BCUT2D eigenvalue weighted by atomic mass is 16.5. The Balaban J connectivity index is 1.64. The molecule has 0 bridgehead atoms. The van der Waals surface area contributed by atoms with Gasteiger partial charge in [0, 0.05) is 18.7 Å². The summed E-state index contributed by atoms with van der Waals surface area (Å²) in [4.78, 5) is 33.2. The van der Waals surface area contributed by atoms with Gasteiger partial charge in [0.1, 0.15) is 5.82 Å². The lowest BCUT2D eigenvalue weighted by Gasteiger charge is -2.24. The van der Waals surface area contributed by atoms with Gasteiger partial charge in [-0.3, -0.25) is 4.79 Å². The maximum absolute atomic E-state index is 12.8. The number of hydrogen-bond donors (Lipinski definition) is 2. The van der Waals surface area contributed by atoms with E-state index in [0.717, 1.165) is 37.2 Å². The molecular weight excluding hydrogens is 356 g/mol. The lowest BCUT2D eigenvalue weighted by atomic mass is 9.91. The maximum atomic E-state index is 12.8. The van der Waals surface area contributed by atoms with Crippen molar-refractivity contribution >= 4 is 11.9 Å². The second-order valence-electron chi connectivity index (χ2n) is 6.94. The largest absolute Gasteiger partial charge is 0.465 e. The van der Waals surface area contributed by atoms with Crippen molar-refractivity contribution in [3.8, 4) is 0 Å². The molecule has 0 radical (unpaired) electrons. The summed E-state index contributed by atoms with van der Waals surface area (Å²) in [6.45, 7) is 4.18. The van der Waals surface area contributed by atoms with Crippen LogP contribution in [-0.4, -0.2) is 48.6 Å². The van der Waals surface area contributed by atoms with Crippen molar-refractivity contribution in [2.75, 3.05) is 26.7 Å². The zero-order valence-corrected chi connectivity index (χ0v) is 16.3. The average Bonchev–Trinajstić information content (AvgIpc) is 2.74. The SMILES string of the molecule is COC(=O)c1cccc(CCNC(=O)c2cnc(C)nc2C2CCNCC2)c1. The topological polar surface area (TPSA) is 93.2 Å². The first-order valence-corrected chi connectivity index (χ1v) is 9.58. The van der Waals surface area contributed by atoms with Crippen LogP contribution in [-0.2, 0) is 11.2 Å². The molecule has 0 atom stereocenters. The minimum atomic E-state index is -0.366. The van der Waals surface area contributed by atoms with Crippen LogP contribution in [0, 0.1) is 6.92 Å². The van der Waals surface area contributed by atoms with Crippen LogP contribution in [0.2, 0.25) is 0 Å². The maximum Gasteiger partial charge on any atom is 0.337 e. The summed E-state index contributed by atoms with van der Waals surface area (Å²) in [5.74, 6) is 0.442. The van der Waals surface area contributed by atoms with Crippen LogP contribution < -0.4 is 10.6 Å². The number of benzene rings is 1. The number of piperidine rings is 1. The first-order chi connectivity index (χ1) is 13.6. The molecule has 148 valence electrons. The van der Waals surface area contributed by atoms with Crippen LogP contribution in [0.4, 0.5) is 0 Å². The summed E-state index contributed by atoms with van der Waals surface area (Å²) >= 11 is 0. The highest BCUT2D eigenvalue weighted by Gasteiger charge is 2.23. The van der Waals surface area contributed by atoms with E-state index in [2.05, 4.69) is 20.6 Å². The Kier molecular flexibility index (Phi) is 6.71. The van der Waals surface area contributed by atoms with Crippen molar-refractivity contribution in [2.45, 2.75) is 32.1 Å². The first kappa shape index (κ1) is 19.9. The van der Waals surface area contributed by atoms with Gasteiger partial charge in [0.25, 0.3) is 5.91 Å². The van der Waals surface area contributed by atoms with E-state index >= 15 is 0 Å². The number of carbonyl (C=O) groups is 2. The molecule has 1 amide bonds. The number of nitrogens with one attached hydrogen (secondary N) is 2. The van der Waals surface area contributed by atoms with Gasteiger partial charge in [0.05, 0.1) is 23.9 Å². The molecule has 2 N–H and O–H groups in total. The van der Waals surface area contributed by atoms with E-state index in [1.807, 2.05) is 19.1 Å². The normalized spacial score (nSPS) is 14.5. The van der Waals surface area contributed by atoms with E-state index in [0.29, 0.717) is 29.9 Å². The molecule has 1 aromatic heterocycles. The Hall–Kier alpha value is -2.80. The van der Waals surface area contributed by atoms with Gasteiger partial charge in [-0.05, 0) is 57.0 Å². The molecule has 0 unspecified atom stereocenters. The Morgan fingerprint density at radius 2 is 2.07 bits per heavy atom. The van der Waals surface area contributed by atoms with E-state index < -0.39 is 0 Å². The minimum Gasteiger partial charge on any atom is -0.465 e. The Morgan fingerprint density at radius 1 is 1.29 bits per heavy atom. The number of amides is 1. The Bertz CT molecular complexity index is 847. The molecule has 7 heteroatoms. The molecule has 2 heterocycles. The number of hydrogen-bond acceptors (Lipinski definition) is 6. The van der Waals surface area contributed by atoms with Crippen molar-refractivity contribution in [1.29, 1.82) is 0 Å². The molecule has 0 saturated carbocycles. The Labute approximate surface area is 164 Å². The van der Waals surface area contributed by atoms with E-state index in [4.69, 9.17) is 4.74 Å². The number of methoxy groups -OCH3 is 1. The summed E-state index contributed by atoms with van der Waals surface area (Å²) in [6, 6.07) is 7.23. The van der Waals surface area contributed by atoms with Crippen LogP contribution in [0.1, 0.15) is 56.6 Å². The third kappa shape index (κ3) is 4.92. The number of rotatable bonds is 6. The molecule has 0 spiro atoms. The fourth-order valence-electron chi connectivity index (χ4n) is 3.46. The molecule has 1 aliphatic heterocycles. The van der Waals surface area contributed by atoms with Gasteiger partial charge in [-0.1, -0.05) is 12.1 Å². The highest BCUT2D eigenvalue weighted by Crippen LogP contribution is 2.26. The van der Waals surface area contributed by atoms with Crippen molar-refractivity contribution in [1.82, 2.24) is 20.6 Å². The molecule has 2 aromatic rings. The summed E-state index contributed by atoms with van der Waals surface area (Å²) in [5, 5.41) is 6.30. The Morgan fingerprint density at radius 3 is 2.82 bits per heavy atom. The second kappa shape index (κ2) is 9.41. The summed E-state index contributed by atoms with van der Waals surface area (Å²) in [6.07, 6.45) is 4.19. The second-order valence-corrected chi connectivity index (χ2v) is 6.94. The van der Waals surface area contributed by atoms with Crippen molar-refractivity contribution in [3.05, 3.63) is 58.7 Å². The highest BCUT2D eigenvalue weighted by molar-refractivity contribution is 5.95. The zero-order chi connectivity index (χ0) is 19.9. The lowest BCUT2D eigenvalue weighted by molar-refractivity contribution is 0.0600. The predicted octanol–water partition coefficient (Wildman–Crippen LogP) is 2.01. The molecule has 1 aliphatic rings. The van der Waals surface area contributed by atoms with Gasteiger partial charge in [0.15, 0.2) is 0 Å². The van der Waals surface area contributed by atoms with E-state index in [1.165, 1.54) is 7.11 Å². The van der Waals surface area contributed by atoms with E-state index in [1.54, 1.807) is 18.3 Å². The van der Waals surface area contributed by atoms with Gasteiger partial charge in [-0.15, -0.1) is 0 Å². The van der Waals surface area contributed by atoms with Gasteiger partial charge in [-0.25, -0.2) is 14.8 Å². The lowest BCUT2D eigenvalue weighted by Crippen LogP contribution is -2.31. The number of aryl methyl sites for hydroxylation is 1. The van der Waals surface area contributed by atoms with Crippen molar-refractivity contribution < 1.29 is 14.3 Å². The number of esters is 1. The van der Waals surface area contributed by atoms with Crippen LogP contribution in [0.25, 0.3) is 0 Å². The standard InChI is InChI=1S/C21H26N4O3/c1-14-24-13-18(19(25-14)16-7-9-22-10-8-16)20(26)23-11-6-15-4-3-5-17(12-15)21(27)28-2/h3-5,12-13,16,22H,6-11H2,1-2H3,(H,23,26). The number of carbonyl (C=O) groups excluding carboxylic acids is 2. The zero-order valence-electron chi connectivity index (χ0n) is 16.3. The summed E-state index contributed by atoms with van der Waals surface area (Å²) < 4.78 is 4.75. The van der Waals surface area contributed by atoms with Crippen LogP contribution in [0.5, 0.6) is 0 Å². The van der Waals surface area contributed by atoms with Gasteiger partial charge >= 0.3 is 5.97 Å². The van der Waals surface area contributed by atoms with Gasteiger partial charge < -0.3 is 15.4 Å². The van der Waals surface area contributed by atoms with Crippen molar-refractivity contribution in [2.24, 2.45) is 0 Å². The molecule has 3 rings (SSSR count). The van der Waals surface area contributed by atoms with Gasteiger partial charge in [-0.2, -0.15) is 0 Å². The third-order valence-corrected chi connectivity index (χ3v) is 4.96. The first-order valence-electron chi connectivity index (χ1n) is 9.58. The smallest absolute Gasteiger partial charge is 0.337 e. The van der Waals surface area contributed by atoms with Crippen LogP contribution >= 0.6 is 0 Å². The predicted molar refractivity (Wildman–Crippen MR) is 105 cm³/mol. The number of ether oxygens (including phenoxy) is 1. The average molecular weight is 382 g/mol. The van der Waals surface area contributed by atoms with E-state index in [-0.39, 0.29) is 17.8 Å². The fourth-order valence-corrected chi connectivity index (χ4v) is 3.46. The molecule has 1 saturated heterocycles. The van der Waals surface area contributed by atoms with Crippen LogP contribution in [0.3, 0.4) is 0 Å². The third-order valence-electron chi connectivity index (χ3n) is 4.96. The quantitative estimate of drug-likeness (QED) is 0.743. The van der Waals surface area contributed by atoms with Crippen molar-refractivity contribution in [3.63, 3.8) is 0 Å². The minimum absolute atomic E-state index is 0.155. The van der Waals surface area contributed by atoms with Crippen LogP contribution in [0.15, 0.2) is 30.5 Å². The van der Waals surface area contributed by atoms with Gasteiger partial charge in [0.2, 0.25) is 0 Å². The summed E-state index contributed by atoms with van der Waals surface area (Å²) in [5.41, 5.74) is 2.87. The van der Waals surface area contributed by atoms with E-state index in [9.17, 15) is 9.59 Å². The fraction of sp³-hybridized carbons (Fsp3) is 0.429. The molecular formula is C21H26N4O3. The molecule has 28 heavy (non-hydrogen) atoms. The number of aromatic nitrogens is 2. The molecule has 1 fully saturated rings. The molecule has 1 aromatic carbocycles. The molecule has 7 nitrogen and oxygen atoms in total.